The van der Waals surface area contributed by atoms with Crippen LogP contribution in [0.4, 0.5) is 0 Å². The van der Waals surface area contributed by atoms with Gasteiger partial charge in [-0.1, -0.05) is 38.1 Å². The molecule has 23 heavy (non-hydrogen) atoms. The first-order valence-electron chi connectivity index (χ1n) is 7.63. The third kappa shape index (κ3) is 5.49. The largest absolute Gasteiger partial charge is 0.378 e. The molecule has 0 aliphatic heterocycles. The molecule has 1 aromatic carbocycles. The van der Waals surface area contributed by atoms with Crippen LogP contribution in [-0.4, -0.2) is 28.0 Å². The highest BCUT2D eigenvalue weighted by molar-refractivity contribution is 5.76. The van der Waals surface area contributed by atoms with E-state index in [1.807, 2.05) is 30.5 Å². The molecule has 0 radical (unpaired) electrons. The average molecular weight is 316 g/mol. The van der Waals surface area contributed by atoms with Crippen molar-refractivity contribution in [1.29, 1.82) is 0 Å². The van der Waals surface area contributed by atoms with Crippen LogP contribution in [-0.2, 0) is 22.7 Å². The van der Waals surface area contributed by atoms with Gasteiger partial charge in [0.1, 0.15) is 5.69 Å². The zero-order valence-corrected chi connectivity index (χ0v) is 14.2. The van der Waals surface area contributed by atoms with E-state index < -0.39 is 0 Å². The van der Waals surface area contributed by atoms with Crippen molar-refractivity contribution in [1.82, 2.24) is 20.3 Å². The average Bonchev–Trinajstić information content (AvgIpc) is 2.93. The summed E-state index contributed by atoms with van der Waals surface area (Å²) in [6, 6.07) is 7.86. The summed E-state index contributed by atoms with van der Waals surface area (Å²) in [5.41, 5.74) is 2.75. The number of ether oxygens (including phenoxy) is 1. The quantitative estimate of drug-likeness (QED) is 0.889. The predicted octanol–water partition coefficient (Wildman–Crippen LogP) is 2.47. The van der Waals surface area contributed by atoms with Gasteiger partial charge >= 0.3 is 0 Å². The van der Waals surface area contributed by atoms with Gasteiger partial charge in [0, 0.05) is 20.1 Å². The van der Waals surface area contributed by atoms with Crippen molar-refractivity contribution in [3.8, 4) is 5.69 Å². The van der Waals surface area contributed by atoms with Gasteiger partial charge in [0.15, 0.2) is 0 Å². The number of hydrogen-bond donors (Lipinski definition) is 1. The van der Waals surface area contributed by atoms with Crippen molar-refractivity contribution in [2.24, 2.45) is 5.41 Å². The SMILES string of the molecule is COCc1cn(-c2ccc(CNC(=O)CC(C)(C)C)cc2)nn1. The number of amides is 1. The second-order valence-electron chi connectivity index (χ2n) is 6.77. The van der Waals surface area contributed by atoms with Gasteiger partial charge in [0.05, 0.1) is 18.5 Å². The molecule has 1 amide bonds. The summed E-state index contributed by atoms with van der Waals surface area (Å²) in [5.74, 6) is 0.0714. The number of methoxy groups -OCH3 is 1. The predicted molar refractivity (Wildman–Crippen MR) is 88.0 cm³/mol. The van der Waals surface area contributed by atoms with Gasteiger partial charge in [0.2, 0.25) is 5.91 Å². The van der Waals surface area contributed by atoms with Crippen molar-refractivity contribution in [2.75, 3.05) is 7.11 Å². The standard InChI is InChI=1S/C17H24N4O2/c1-17(2,3)9-16(22)18-10-13-5-7-15(8-6-13)21-11-14(12-23-4)19-20-21/h5-8,11H,9-10,12H2,1-4H3,(H,18,22). The Balaban J connectivity index is 1.92. The molecule has 0 atom stereocenters. The van der Waals surface area contributed by atoms with Crippen LogP contribution in [0.3, 0.4) is 0 Å². The topological polar surface area (TPSA) is 69.0 Å². The van der Waals surface area contributed by atoms with Crippen LogP contribution in [0, 0.1) is 5.41 Å². The zero-order chi connectivity index (χ0) is 16.9. The highest BCUT2D eigenvalue weighted by Gasteiger charge is 2.15. The van der Waals surface area contributed by atoms with E-state index in [0.717, 1.165) is 16.9 Å². The van der Waals surface area contributed by atoms with E-state index in [-0.39, 0.29) is 11.3 Å². The van der Waals surface area contributed by atoms with Crippen LogP contribution in [0.5, 0.6) is 0 Å². The Kier molecular flexibility index (Phi) is 5.50. The van der Waals surface area contributed by atoms with Crippen LogP contribution in [0.15, 0.2) is 30.5 Å². The minimum Gasteiger partial charge on any atom is -0.378 e. The minimum atomic E-state index is 0.000936. The molecule has 6 nitrogen and oxygen atoms in total. The molecule has 2 aromatic rings. The first kappa shape index (κ1) is 17.1. The summed E-state index contributed by atoms with van der Waals surface area (Å²) in [5, 5.41) is 11.0. The van der Waals surface area contributed by atoms with Gasteiger partial charge < -0.3 is 10.1 Å². The molecule has 0 spiro atoms. The Morgan fingerprint density at radius 2 is 1.96 bits per heavy atom. The van der Waals surface area contributed by atoms with Gasteiger partial charge in [0.25, 0.3) is 0 Å². The normalized spacial score (nSPS) is 11.5. The lowest BCUT2D eigenvalue weighted by Gasteiger charge is -2.17. The molecule has 0 saturated heterocycles. The van der Waals surface area contributed by atoms with Crippen molar-refractivity contribution >= 4 is 5.91 Å². The number of carbonyl (C=O) groups excluding carboxylic acids is 1. The number of hydrogen-bond acceptors (Lipinski definition) is 4. The van der Waals surface area contributed by atoms with Gasteiger partial charge in [-0.3, -0.25) is 4.79 Å². The molecular formula is C17H24N4O2. The second-order valence-corrected chi connectivity index (χ2v) is 6.77. The summed E-state index contributed by atoms with van der Waals surface area (Å²) >= 11 is 0. The summed E-state index contributed by atoms with van der Waals surface area (Å²) in [6.45, 7) is 7.13. The van der Waals surface area contributed by atoms with E-state index in [0.29, 0.717) is 19.6 Å². The van der Waals surface area contributed by atoms with E-state index in [4.69, 9.17) is 4.74 Å². The molecule has 2 rings (SSSR count). The van der Waals surface area contributed by atoms with E-state index in [9.17, 15) is 4.79 Å². The van der Waals surface area contributed by atoms with Crippen molar-refractivity contribution in [3.63, 3.8) is 0 Å². The number of aromatic nitrogens is 3. The second kappa shape index (κ2) is 7.37. The van der Waals surface area contributed by atoms with E-state index in [1.54, 1.807) is 11.8 Å². The summed E-state index contributed by atoms with van der Waals surface area (Å²) in [4.78, 5) is 11.8. The molecule has 1 heterocycles. The number of nitrogens with one attached hydrogen (secondary N) is 1. The third-order valence-electron chi connectivity index (χ3n) is 3.21. The molecular weight excluding hydrogens is 292 g/mol. The molecule has 1 N–H and O–H groups in total. The number of carbonyl (C=O) groups is 1. The third-order valence-corrected chi connectivity index (χ3v) is 3.21. The minimum absolute atomic E-state index is 0.000936. The highest BCUT2D eigenvalue weighted by Crippen LogP contribution is 2.18. The molecule has 0 bridgehead atoms. The van der Waals surface area contributed by atoms with Crippen LogP contribution in [0.1, 0.15) is 38.4 Å². The monoisotopic (exact) mass is 316 g/mol. The molecule has 0 fully saturated rings. The van der Waals surface area contributed by atoms with Crippen LogP contribution in [0.2, 0.25) is 0 Å². The van der Waals surface area contributed by atoms with Gasteiger partial charge in [-0.05, 0) is 23.1 Å². The molecule has 0 aliphatic rings. The Morgan fingerprint density at radius 3 is 2.57 bits per heavy atom. The Hall–Kier alpha value is -2.21. The van der Waals surface area contributed by atoms with Crippen molar-refractivity contribution < 1.29 is 9.53 Å². The fraction of sp³-hybridized carbons (Fsp3) is 0.471. The van der Waals surface area contributed by atoms with E-state index >= 15 is 0 Å². The summed E-state index contributed by atoms with van der Waals surface area (Å²) in [7, 11) is 1.63. The lowest BCUT2D eigenvalue weighted by molar-refractivity contribution is -0.122. The van der Waals surface area contributed by atoms with Crippen molar-refractivity contribution in [3.05, 3.63) is 41.7 Å². The van der Waals surface area contributed by atoms with Crippen LogP contribution >= 0.6 is 0 Å². The lowest BCUT2D eigenvalue weighted by atomic mass is 9.92. The first-order chi connectivity index (χ1) is 10.9. The molecule has 0 unspecified atom stereocenters. The van der Waals surface area contributed by atoms with Crippen LogP contribution < -0.4 is 5.32 Å². The molecule has 1 aromatic heterocycles. The maximum absolute atomic E-state index is 11.8. The Morgan fingerprint density at radius 1 is 1.26 bits per heavy atom. The molecule has 124 valence electrons. The fourth-order valence-corrected chi connectivity index (χ4v) is 2.15. The lowest BCUT2D eigenvalue weighted by Crippen LogP contribution is -2.27. The summed E-state index contributed by atoms with van der Waals surface area (Å²) in [6.07, 6.45) is 2.36. The van der Waals surface area contributed by atoms with E-state index in [1.165, 1.54) is 0 Å². The maximum Gasteiger partial charge on any atom is 0.220 e. The number of benzene rings is 1. The molecule has 0 aliphatic carbocycles. The highest BCUT2D eigenvalue weighted by atomic mass is 16.5. The molecule has 6 heteroatoms. The fourth-order valence-electron chi connectivity index (χ4n) is 2.15. The number of nitrogens with zero attached hydrogens (tertiary/aromatic N) is 3. The number of rotatable bonds is 6. The van der Waals surface area contributed by atoms with Gasteiger partial charge in [-0.2, -0.15) is 0 Å². The maximum atomic E-state index is 11.8. The zero-order valence-electron chi connectivity index (χ0n) is 14.2. The van der Waals surface area contributed by atoms with Crippen LogP contribution in [0.25, 0.3) is 5.69 Å². The Bertz CT molecular complexity index is 641. The van der Waals surface area contributed by atoms with E-state index in [2.05, 4.69) is 36.4 Å². The van der Waals surface area contributed by atoms with Gasteiger partial charge in [-0.15, -0.1) is 5.10 Å². The first-order valence-corrected chi connectivity index (χ1v) is 7.63. The summed E-state index contributed by atoms with van der Waals surface area (Å²) < 4.78 is 6.73. The smallest absolute Gasteiger partial charge is 0.220 e. The molecule has 0 saturated carbocycles. The van der Waals surface area contributed by atoms with Gasteiger partial charge in [-0.25, -0.2) is 4.68 Å². The van der Waals surface area contributed by atoms with Crippen molar-refractivity contribution in [2.45, 2.75) is 40.3 Å². The Labute approximate surface area is 136 Å².